The Labute approximate surface area is 156 Å². The molecule has 2 heterocycles. The normalized spacial score (nSPS) is 20.8. The summed E-state index contributed by atoms with van der Waals surface area (Å²) in [4.78, 5) is 15.0. The second-order valence-electron chi connectivity index (χ2n) is 6.64. The van der Waals surface area contributed by atoms with Gasteiger partial charge in [-0.15, -0.1) is 0 Å². The Bertz CT molecular complexity index is 812. The van der Waals surface area contributed by atoms with Crippen molar-refractivity contribution in [2.24, 2.45) is 0 Å². The Balaban J connectivity index is 1.47. The zero-order chi connectivity index (χ0) is 18.6. The van der Waals surface area contributed by atoms with Gasteiger partial charge >= 0.3 is 0 Å². The summed E-state index contributed by atoms with van der Waals surface area (Å²) < 4.78 is 19.2. The minimum Gasteiger partial charge on any atom is -0.374 e. The number of carbonyl (C=O) groups excluding carboxylic acids is 1. The fourth-order valence-electron chi connectivity index (χ4n) is 3.48. The van der Waals surface area contributed by atoms with Gasteiger partial charge in [-0.3, -0.25) is 4.79 Å². The first-order valence-corrected chi connectivity index (χ1v) is 8.96. The largest absolute Gasteiger partial charge is 0.374 e. The number of ether oxygens (including phenoxy) is 1. The minimum absolute atomic E-state index is 0.0337. The summed E-state index contributed by atoms with van der Waals surface area (Å²) in [5, 5.41) is 0. The fraction of sp³-hybridized carbons (Fsp3) is 0.316. The molecule has 7 nitrogen and oxygen atoms in total. The molecule has 0 spiro atoms. The lowest BCUT2D eigenvalue weighted by atomic mass is 10.0. The van der Waals surface area contributed by atoms with Crippen LogP contribution in [0.15, 0.2) is 48.5 Å². The molecular weight excluding hydrogens is 349 g/mol. The van der Waals surface area contributed by atoms with E-state index in [1.54, 1.807) is 6.07 Å². The van der Waals surface area contributed by atoms with E-state index in [2.05, 4.69) is 21.9 Å². The highest BCUT2D eigenvalue weighted by Gasteiger charge is 2.28. The molecule has 1 amide bonds. The lowest BCUT2D eigenvalue weighted by Crippen LogP contribution is -2.46. The van der Waals surface area contributed by atoms with Crippen molar-refractivity contribution in [3.05, 3.63) is 71.0 Å². The number of carbonyl (C=O) groups is 1. The van der Waals surface area contributed by atoms with E-state index in [1.807, 2.05) is 35.2 Å². The molecule has 1 atom stereocenters. The van der Waals surface area contributed by atoms with Crippen molar-refractivity contribution in [3.63, 3.8) is 0 Å². The van der Waals surface area contributed by atoms with Crippen LogP contribution in [0.5, 0.6) is 0 Å². The van der Waals surface area contributed by atoms with Crippen LogP contribution in [0.3, 0.4) is 0 Å². The van der Waals surface area contributed by atoms with Crippen molar-refractivity contribution in [3.8, 4) is 0 Å². The van der Waals surface area contributed by atoms with Crippen LogP contribution in [0, 0.1) is 5.82 Å². The van der Waals surface area contributed by atoms with Crippen LogP contribution >= 0.6 is 0 Å². The van der Waals surface area contributed by atoms with E-state index < -0.39 is 0 Å². The molecular formula is C19H22FN5O2. The van der Waals surface area contributed by atoms with Gasteiger partial charge in [0.2, 0.25) is 0 Å². The SMILES string of the molecule is O=C(c1ccccc1C1NNNN1)N1CCOC(Cc2cccc(F)c2)C1. The smallest absolute Gasteiger partial charge is 0.254 e. The van der Waals surface area contributed by atoms with Crippen molar-refractivity contribution < 1.29 is 13.9 Å². The number of halogens is 1. The maximum absolute atomic E-state index is 13.4. The number of nitrogens with zero attached hydrogens (tertiary/aromatic N) is 1. The van der Waals surface area contributed by atoms with E-state index in [1.165, 1.54) is 12.1 Å². The summed E-state index contributed by atoms with van der Waals surface area (Å²) in [5.74, 6) is -0.294. The standard InChI is InChI=1S/C19H22FN5O2/c20-14-5-3-4-13(10-14)11-15-12-25(8-9-27-15)19(26)17-7-2-1-6-16(17)18-21-23-24-22-18/h1-7,10,15,18,21-24H,8-9,11-12H2. The molecule has 27 heavy (non-hydrogen) atoms. The molecule has 0 saturated carbocycles. The van der Waals surface area contributed by atoms with Crippen molar-refractivity contribution in [2.45, 2.75) is 18.7 Å². The number of morpholine rings is 1. The zero-order valence-electron chi connectivity index (χ0n) is 14.7. The van der Waals surface area contributed by atoms with Crippen LogP contribution in [0.1, 0.15) is 27.7 Å². The molecule has 8 heteroatoms. The molecule has 4 N–H and O–H groups in total. The molecule has 2 aromatic carbocycles. The molecule has 142 valence electrons. The lowest BCUT2D eigenvalue weighted by molar-refractivity contribution is -0.0209. The number of amides is 1. The first-order chi connectivity index (χ1) is 13.2. The first-order valence-electron chi connectivity index (χ1n) is 8.96. The van der Waals surface area contributed by atoms with Crippen molar-refractivity contribution in [2.75, 3.05) is 19.7 Å². The number of rotatable bonds is 4. The van der Waals surface area contributed by atoms with Crippen molar-refractivity contribution in [1.82, 2.24) is 26.8 Å². The number of hydrazine groups is 3. The van der Waals surface area contributed by atoms with E-state index in [-0.39, 0.29) is 24.0 Å². The van der Waals surface area contributed by atoms with Crippen LogP contribution in [-0.4, -0.2) is 36.6 Å². The van der Waals surface area contributed by atoms with E-state index in [0.29, 0.717) is 31.7 Å². The molecule has 2 aliphatic rings. The Hall–Kier alpha value is -2.36. The van der Waals surface area contributed by atoms with E-state index in [4.69, 9.17) is 4.74 Å². The van der Waals surface area contributed by atoms with Gasteiger partial charge in [0.25, 0.3) is 5.91 Å². The van der Waals surface area contributed by atoms with Gasteiger partial charge in [0.05, 0.1) is 12.7 Å². The molecule has 2 fully saturated rings. The second kappa shape index (κ2) is 8.12. The van der Waals surface area contributed by atoms with Gasteiger partial charge in [0.1, 0.15) is 12.0 Å². The van der Waals surface area contributed by atoms with Crippen molar-refractivity contribution >= 4 is 5.91 Å². The van der Waals surface area contributed by atoms with E-state index >= 15 is 0 Å². The van der Waals surface area contributed by atoms with Gasteiger partial charge in [0, 0.05) is 25.1 Å². The molecule has 4 rings (SSSR count). The lowest BCUT2D eigenvalue weighted by Gasteiger charge is -2.33. The number of hydrogen-bond acceptors (Lipinski definition) is 6. The third-order valence-electron chi connectivity index (χ3n) is 4.78. The van der Waals surface area contributed by atoms with Gasteiger partial charge in [-0.05, 0) is 29.3 Å². The topological polar surface area (TPSA) is 77.7 Å². The predicted octanol–water partition coefficient (Wildman–Crippen LogP) is 1.03. The molecule has 1 unspecified atom stereocenters. The molecule has 0 aliphatic carbocycles. The molecule has 2 saturated heterocycles. The summed E-state index contributed by atoms with van der Waals surface area (Å²) in [6.07, 6.45) is 0.208. The Morgan fingerprint density at radius 2 is 1.96 bits per heavy atom. The first kappa shape index (κ1) is 18.0. The summed E-state index contributed by atoms with van der Waals surface area (Å²) in [6, 6.07) is 14.0. The van der Waals surface area contributed by atoms with Crippen LogP contribution in [0.2, 0.25) is 0 Å². The van der Waals surface area contributed by atoms with Gasteiger partial charge in [-0.25, -0.2) is 15.2 Å². The van der Waals surface area contributed by atoms with Crippen LogP contribution in [-0.2, 0) is 11.2 Å². The Morgan fingerprint density at radius 3 is 2.78 bits per heavy atom. The Morgan fingerprint density at radius 1 is 1.15 bits per heavy atom. The Kier molecular flexibility index (Phi) is 5.42. The van der Waals surface area contributed by atoms with Crippen molar-refractivity contribution in [1.29, 1.82) is 0 Å². The highest BCUT2D eigenvalue weighted by Crippen LogP contribution is 2.20. The zero-order valence-corrected chi connectivity index (χ0v) is 14.7. The van der Waals surface area contributed by atoms with Gasteiger partial charge in [0.15, 0.2) is 0 Å². The third kappa shape index (κ3) is 4.15. The molecule has 0 bridgehead atoms. The maximum atomic E-state index is 13.4. The average molecular weight is 371 g/mol. The summed E-state index contributed by atoms with van der Waals surface area (Å²) >= 11 is 0. The minimum atomic E-state index is -0.260. The monoisotopic (exact) mass is 371 g/mol. The van der Waals surface area contributed by atoms with Gasteiger partial charge in [-0.1, -0.05) is 30.3 Å². The quantitative estimate of drug-likeness (QED) is 0.643. The van der Waals surface area contributed by atoms with Crippen LogP contribution < -0.4 is 21.9 Å². The van der Waals surface area contributed by atoms with E-state index in [0.717, 1.165) is 11.1 Å². The summed E-state index contributed by atoms with van der Waals surface area (Å²) in [6.45, 7) is 1.48. The molecule has 0 radical (unpaired) electrons. The maximum Gasteiger partial charge on any atom is 0.254 e. The van der Waals surface area contributed by atoms with Crippen LogP contribution in [0.4, 0.5) is 4.39 Å². The fourth-order valence-corrected chi connectivity index (χ4v) is 3.48. The van der Waals surface area contributed by atoms with Gasteiger partial charge in [-0.2, -0.15) is 11.1 Å². The number of hydrogen-bond donors (Lipinski definition) is 4. The number of nitrogens with one attached hydrogen (secondary N) is 4. The van der Waals surface area contributed by atoms with Gasteiger partial charge < -0.3 is 9.64 Å². The highest BCUT2D eigenvalue weighted by molar-refractivity contribution is 5.96. The summed E-state index contributed by atoms with van der Waals surface area (Å²) in [5.41, 5.74) is 13.9. The van der Waals surface area contributed by atoms with E-state index in [9.17, 15) is 9.18 Å². The average Bonchev–Trinajstić information content (AvgIpc) is 3.22. The van der Waals surface area contributed by atoms with Crippen LogP contribution in [0.25, 0.3) is 0 Å². The third-order valence-corrected chi connectivity index (χ3v) is 4.78. The number of benzene rings is 2. The highest BCUT2D eigenvalue weighted by atomic mass is 19.1. The molecule has 2 aromatic rings. The molecule has 2 aliphatic heterocycles. The second-order valence-corrected chi connectivity index (χ2v) is 6.64. The summed E-state index contributed by atoms with van der Waals surface area (Å²) in [7, 11) is 0. The molecule has 0 aromatic heterocycles. The predicted molar refractivity (Wildman–Crippen MR) is 97.5 cm³/mol.